The van der Waals surface area contributed by atoms with Crippen molar-refractivity contribution in [1.29, 1.82) is 0 Å². The van der Waals surface area contributed by atoms with Gasteiger partial charge in [-0.1, -0.05) is 135 Å². The van der Waals surface area contributed by atoms with Crippen LogP contribution in [0.5, 0.6) is 0 Å². The van der Waals surface area contributed by atoms with E-state index in [0.717, 1.165) is 54.4 Å². The molecule has 0 unspecified atom stereocenters. The number of benzene rings is 4. The summed E-state index contributed by atoms with van der Waals surface area (Å²) in [6.45, 7) is 18.4. The summed E-state index contributed by atoms with van der Waals surface area (Å²) >= 11 is 0. The third-order valence-corrected chi connectivity index (χ3v) is 12.7. The molecule has 6 rings (SSSR count). The Balaban J connectivity index is 1.14. The van der Waals surface area contributed by atoms with Gasteiger partial charge in [0.15, 0.2) is 0 Å². The van der Waals surface area contributed by atoms with E-state index >= 15 is 0 Å². The zero-order valence-corrected chi connectivity index (χ0v) is 36.9. The Morgan fingerprint density at radius 3 is 0.831 bits per heavy atom. The fourth-order valence-electron chi connectivity index (χ4n) is 8.70. The Kier molecular flexibility index (Phi) is 14.6. The molecule has 0 saturated heterocycles. The van der Waals surface area contributed by atoms with Crippen LogP contribution in [0.2, 0.25) is 0 Å². The fraction of sp³-hybridized carbons (Fsp3) is 0.529. The van der Waals surface area contributed by atoms with E-state index in [2.05, 4.69) is 55.5 Å². The minimum absolute atomic E-state index is 0.477. The Morgan fingerprint density at radius 1 is 0.407 bits per heavy atom. The Labute approximate surface area is 353 Å². The summed E-state index contributed by atoms with van der Waals surface area (Å²) in [6.07, 6.45) is 7.29. The monoisotopic (exact) mass is 808 g/mol. The molecule has 2 aliphatic carbocycles. The van der Waals surface area contributed by atoms with Crippen molar-refractivity contribution < 1.29 is 39.1 Å². The molecule has 0 bridgehead atoms. The van der Waals surface area contributed by atoms with E-state index in [1.54, 1.807) is 0 Å². The molecule has 2 saturated carbocycles. The Hall–Kier alpha value is -3.44. The molecule has 2 fully saturated rings. The number of rotatable bonds is 19. The molecule has 59 heavy (non-hydrogen) atoms. The van der Waals surface area contributed by atoms with Crippen LogP contribution in [-0.4, -0.2) is 11.6 Å². The molecular weight excluding hydrogens is 741 g/mol. The van der Waals surface area contributed by atoms with E-state index in [4.69, 9.17) is 39.1 Å². The predicted molar refractivity (Wildman–Crippen MR) is 230 cm³/mol. The van der Waals surface area contributed by atoms with Crippen LogP contribution in [0.15, 0.2) is 121 Å². The van der Waals surface area contributed by atoms with E-state index in [0.29, 0.717) is 43.4 Å². The van der Waals surface area contributed by atoms with Crippen molar-refractivity contribution in [2.45, 2.75) is 154 Å². The van der Waals surface area contributed by atoms with Gasteiger partial charge in [0.2, 0.25) is 11.6 Å². The SMILES string of the molecule is CCC(C1CCC(OOC(C)(C)c2ccccc2)(OOC(C)(C)c2ccccc2)CC1)C1CCC(OOC(C)(C)c2ccccc2)(OOC(C)(C)c2ccccc2)CC1. The zero-order valence-electron chi connectivity index (χ0n) is 36.9. The molecule has 0 radical (unpaired) electrons. The first kappa shape index (κ1) is 45.1. The lowest BCUT2D eigenvalue weighted by Crippen LogP contribution is -2.46. The van der Waals surface area contributed by atoms with Gasteiger partial charge in [-0.2, -0.15) is 19.6 Å². The second kappa shape index (κ2) is 19.1. The van der Waals surface area contributed by atoms with Crippen LogP contribution in [0.4, 0.5) is 0 Å². The predicted octanol–water partition coefficient (Wildman–Crippen LogP) is 13.3. The van der Waals surface area contributed by atoms with E-state index in [-0.39, 0.29) is 0 Å². The van der Waals surface area contributed by atoms with Gasteiger partial charge in [-0.25, -0.2) is 19.6 Å². The molecule has 8 nitrogen and oxygen atoms in total. The van der Waals surface area contributed by atoms with Crippen LogP contribution in [0.3, 0.4) is 0 Å². The highest BCUT2D eigenvalue weighted by Gasteiger charge is 2.49. The quantitative estimate of drug-likeness (QED) is 0.0527. The molecule has 0 aromatic heterocycles. The molecule has 0 N–H and O–H groups in total. The van der Waals surface area contributed by atoms with Gasteiger partial charge in [0.25, 0.3) is 0 Å². The summed E-state index contributed by atoms with van der Waals surface area (Å²) < 4.78 is 0. The normalized spacial score (nSPS) is 18.3. The van der Waals surface area contributed by atoms with Crippen molar-refractivity contribution in [3.8, 4) is 0 Å². The van der Waals surface area contributed by atoms with Gasteiger partial charge >= 0.3 is 0 Å². The lowest BCUT2D eigenvalue weighted by atomic mass is 9.67. The highest BCUT2D eigenvalue weighted by Crippen LogP contribution is 2.49. The maximum absolute atomic E-state index is 6.42. The third-order valence-electron chi connectivity index (χ3n) is 12.7. The van der Waals surface area contributed by atoms with Crippen molar-refractivity contribution in [2.75, 3.05) is 0 Å². The average Bonchev–Trinajstić information content (AvgIpc) is 3.26. The summed E-state index contributed by atoms with van der Waals surface area (Å²) in [5.74, 6) is -0.682. The molecule has 0 spiro atoms. The first-order valence-electron chi connectivity index (χ1n) is 21.8. The average molecular weight is 809 g/mol. The molecule has 0 amide bonds. The zero-order chi connectivity index (χ0) is 42.2. The highest BCUT2D eigenvalue weighted by molar-refractivity contribution is 5.23. The van der Waals surface area contributed by atoms with Crippen LogP contribution in [0.25, 0.3) is 0 Å². The Bertz CT molecular complexity index is 1580. The van der Waals surface area contributed by atoms with E-state index < -0.39 is 34.0 Å². The molecule has 320 valence electrons. The second-order valence-electron chi connectivity index (χ2n) is 18.7. The van der Waals surface area contributed by atoms with Crippen molar-refractivity contribution >= 4 is 0 Å². The summed E-state index contributed by atoms with van der Waals surface area (Å²) in [5.41, 5.74) is 1.27. The summed E-state index contributed by atoms with van der Waals surface area (Å²) in [6, 6.07) is 40.5. The van der Waals surface area contributed by atoms with Gasteiger partial charge in [-0.15, -0.1) is 0 Å². The minimum atomic E-state index is -1.07. The third kappa shape index (κ3) is 11.5. The minimum Gasteiger partial charge on any atom is -0.223 e. The number of hydrogen-bond acceptors (Lipinski definition) is 8. The van der Waals surface area contributed by atoms with Crippen LogP contribution in [0.1, 0.15) is 142 Å². The molecule has 2 aliphatic rings. The molecule has 8 heteroatoms. The molecule has 0 atom stereocenters. The molecule has 0 heterocycles. The highest BCUT2D eigenvalue weighted by atomic mass is 17.3. The summed E-state index contributed by atoms with van der Waals surface area (Å²) in [5, 5.41) is 0. The first-order chi connectivity index (χ1) is 28.1. The van der Waals surface area contributed by atoms with Gasteiger partial charge in [0.05, 0.1) is 0 Å². The topological polar surface area (TPSA) is 73.8 Å². The van der Waals surface area contributed by atoms with Crippen molar-refractivity contribution in [3.05, 3.63) is 144 Å². The number of hydrogen-bond donors (Lipinski definition) is 0. The smallest absolute Gasteiger partial charge is 0.223 e. The second-order valence-corrected chi connectivity index (χ2v) is 18.7. The van der Waals surface area contributed by atoms with Crippen LogP contribution in [-0.2, 0) is 61.5 Å². The fourth-order valence-corrected chi connectivity index (χ4v) is 8.70. The van der Waals surface area contributed by atoms with Gasteiger partial charge in [0.1, 0.15) is 22.4 Å². The van der Waals surface area contributed by atoms with Crippen LogP contribution >= 0.6 is 0 Å². The molecule has 0 aliphatic heterocycles. The molecular formula is C51H68O8. The van der Waals surface area contributed by atoms with Gasteiger partial charge in [0, 0.05) is 25.7 Å². The molecule has 4 aromatic rings. The van der Waals surface area contributed by atoms with Crippen molar-refractivity contribution in [1.82, 2.24) is 0 Å². The van der Waals surface area contributed by atoms with Crippen LogP contribution in [0, 0.1) is 17.8 Å². The first-order valence-corrected chi connectivity index (χ1v) is 21.8. The summed E-state index contributed by atoms with van der Waals surface area (Å²) in [7, 11) is 0. The van der Waals surface area contributed by atoms with E-state index in [9.17, 15) is 0 Å². The van der Waals surface area contributed by atoms with E-state index in [1.165, 1.54) is 0 Å². The van der Waals surface area contributed by atoms with Gasteiger partial charge in [-0.3, -0.25) is 0 Å². The maximum Gasteiger partial charge on any atom is 0.234 e. The van der Waals surface area contributed by atoms with Crippen LogP contribution < -0.4 is 0 Å². The van der Waals surface area contributed by atoms with E-state index in [1.807, 2.05) is 128 Å². The Morgan fingerprint density at radius 2 is 0.627 bits per heavy atom. The standard InChI is InChI=1S/C51H68O8/c1-10-45(39-31-35-50(36-32-39,56-52-46(2,3)41-23-15-11-16-24-41)57-53-47(4,5)42-25-17-12-18-26-42)40-33-37-51(38-34-40,58-54-48(6,7)43-27-19-13-20-28-43)59-55-49(8,9)44-29-21-14-22-30-44/h11-30,39-40,45H,10,31-38H2,1-9H3. The lowest BCUT2D eigenvalue weighted by Gasteiger charge is -2.46. The van der Waals surface area contributed by atoms with Crippen molar-refractivity contribution in [2.24, 2.45) is 17.8 Å². The van der Waals surface area contributed by atoms with Gasteiger partial charge in [-0.05, 0) is 121 Å². The largest absolute Gasteiger partial charge is 0.234 e. The molecule has 4 aromatic carbocycles. The lowest BCUT2D eigenvalue weighted by molar-refractivity contribution is -0.553. The van der Waals surface area contributed by atoms with Crippen molar-refractivity contribution in [3.63, 3.8) is 0 Å². The maximum atomic E-state index is 6.42. The summed E-state index contributed by atoms with van der Waals surface area (Å²) in [4.78, 5) is 50.8. The van der Waals surface area contributed by atoms with Gasteiger partial charge < -0.3 is 0 Å².